The van der Waals surface area contributed by atoms with Gasteiger partial charge in [0.25, 0.3) is 0 Å². The van der Waals surface area contributed by atoms with Gasteiger partial charge in [-0.1, -0.05) is 18.2 Å². The summed E-state index contributed by atoms with van der Waals surface area (Å²) in [4.78, 5) is 0. The fourth-order valence-corrected chi connectivity index (χ4v) is 3.42. The van der Waals surface area contributed by atoms with Crippen LogP contribution in [-0.4, -0.2) is 26.2 Å². The predicted molar refractivity (Wildman–Crippen MR) is 101 cm³/mol. The van der Waals surface area contributed by atoms with E-state index >= 15 is 0 Å². The number of aromatic nitrogens is 1. The fourth-order valence-electron chi connectivity index (χ4n) is 3.42. The van der Waals surface area contributed by atoms with Crippen LogP contribution in [0.25, 0.3) is 22.2 Å². The lowest BCUT2D eigenvalue weighted by atomic mass is 9.99. The van der Waals surface area contributed by atoms with E-state index in [4.69, 9.17) is 4.74 Å². The zero-order chi connectivity index (χ0) is 18.2. The molecule has 0 aliphatic rings. The van der Waals surface area contributed by atoms with E-state index in [1.807, 2.05) is 50.2 Å². The molecule has 4 heteroatoms. The van der Waals surface area contributed by atoms with Crippen LogP contribution in [-0.2, 0) is 7.05 Å². The molecular weight excluding hydrogens is 314 g/mol. The van der Waals surface area contributed by atoms with E-state index in [2.05, 4.69) is 29.8 Å². The standard InChI is InChI=1S/C21H25NO3/c1-20(2,14-21(3,23)24)25-17-11-9-15(10-12-17)19-13-16-7-5-6-8-18(16)22(19)4/h5-13,23-24H,14H2,1-4H3. The molecule has 0 saturated carbocycles. The van der Waals surface area contributed by atoms with Crippen molar-refractivity contribution < 1.29 is 14.9 Å². The molecule has 0 saturated heterocycles. The summed E-state index contributed by atoms with van der Waals surface area (Å²) in [6.45, 7) is 5.05. The molecular formula is C21H25NO3. The number of aryl methyl sites for hydroxylation is 1. The van der Waals surface area contributed by atoms with E-state index in [-0.39, 0.29) is 6.42 Å². The Bertz CT molecular complexity index is 870. The van der Waals surface area contributed by atoms with Crippen molar-refractivity contribution in [2.24, 2.45) is 7.05 Å². The first-order valence-corrected chi connectivity index (χ1v) is 8.43. The van der Waals surface area contributed by atoms with Crippen molar-refractivity contribution in [3.63, 3.8) is 0 Å². The van der Waals surface area contributed by atoms with Gasteiger partial charge in [0, 0.05) is 30.1 Å². The van der Waals surface area contributed by atoms with Gasteiger partial charge in [-0.3, -0.25) is 0 Å². The van der Waals surface area contributed by atoms with Gasteiger partial charge in [0.1, 0.15) is 11.4 Å². The van der Waals surface area contributed by atoms with Crippen molar-refractivity contribution in [1.82, 2.24) is 4.57 Å². The van der Waals surface area contributed by atoms with Crippen LogP contribution in [0, 0.1) is 0 Å². The van der Waals surface area contributed by atoms with E-state index in [1.165, 1.54) is 17.8 Å². The Morgan fingerprint density at radius 3 is 2.20 bits per heavy atom. The molecule has 25 heavy (non-hydrogen) atoms. The van der Waals surface area contributed by atoms with Crippen molar-refractivity contribution in [2.75, 3.05) is 0 Å². The number of hydrogen-bond donors (Lipinski definition) is 2. The number of ether oxygens (including phenoxy) is 1. The second kappa shape index (κ2) is 6.21. The Hall–Kier alpha value is -2.30. The van der Waals surface area contributed by atoms with Crippen LogP contribution in [0.2, 0.25) is 0 Å². The first kappa shape index (κ1) is 17.5. The van der Waals surface area contributed by atoms with Gasteiger partial charge >= 0.3 is 0 Å². The Morgan fingerprint density at radius 1 is 0.960 bits per heavy atom. The molecule has 0 radical (unpaired) electrons. The molecule has 0 aliphatic heterocycles. The molecule has 4 nitrogen and oxygen atoms in total. The van der Waals surface area contributed by atoms with Gasteiger partial charge < -0.3 is 19.5 Å². The molecule has 0 atom stereocenters. The molecule has 0 unspecified atom stereocenters. The van der Waals surface area contributed by atoms with Gasteiger partial charge in [-0.25, -0.2) is 0 Å². The predicted octanol–water partition coefficient (Wildman–Crippen LogP) is 4.09. The summed E-state index contributed by atoms with van der Waals surface area (Å²) in [7, 11) is 2.06. The topological polar surface area (TPSA) is 54.6 Å². The lowest BCUT2D eigenvalue weighted by Gasteiger charge is -2.31. The van der Waals surface area contributed by atoms with Gasteiger partial charge in [0.15, 0.2) is 5.79 Å². The van der Waals surface area contributed by atoms with Gasteiger partial charge in [0.2, 0.25) is 0 Å². The second-order valence-corrected chi connectivity index (χ2v) is 7.43. The summed E-state index contributed by atoms with van der Waals surface area (Å²) in [6.07, 6.45) is 0.116. The summed E-state index contributed by atoms with van der Waals surface area (Å²) in [5.41, 5.74) is 2.77. The van der Waals surface area contributed by atoms with Crippen LogP contribution in [0.4, 0.5) is 0 Å². The van der Waals surface area contributed by atoms with E-state index in [0.717, 1.165) is 11.3 Å². The third-order valence-electron chi connectivity index (χ3n) is 4.26. The SMILES string of the molecule is Cn1c(-c2ccc(OC(C)(C)CC(C)(O)O)cc2)cc2ccccc21. The van der Waals surface area contributed by atoms with Crippen molar-refractivity contribution >= 4 is 10.9 Å². The minimum Gasteiger partial charge on any atom is -0.488 e. The highest BCUT2D eigenvalue weighted by Crippen LogP contribution is 2.30. The minimum absolute atomic E-state index is 0.116. The maximum atomic E-state index is 9.60. The van der Waals surface area contributed by atoms with Gasteiger partial charge in [-0.2, -0.15) is 0 Å². The molecule has 1 heterocycles. The third kappa shape index (κ3) is 4.03. The molecule has 2 N–H and O–H groups in total. The average molecular weight is 339 g/mol. The molecule has 3 aromatic rings. The summed E-state index contributed by atoms with van der Waals surface area (Å²) in [5, 5.41) is 20.4. The third-order valence-corrected chi connectivity index (χ3v) is 4.26. The fraction of sp³-hybridized carbons (Fsp3) is 0.333. The Balaban J connectivity index is 1.83. The Labute approximate surface area is 148 Å². The molecule has 0 aliphatic carbocycles. The van der Waals surface area contributed by atoms with Crippen LogP contribution < -0.4 is 4.74 Å². The average Bonchev–Trinajstić information content (AvgIpc) is 2.83. The summed E-state index contributed by atoms with van der Waals surface area (Å²) < 4.78 is 8.11. The van der Waals surface area contributed by atoms with E-state index in [9.17, 15) is 10.2 Å². The largest absolute Gasteiger partial charge is 0.488 e. The monoisotopic (exact) mass is 339 g/mol. The van der Waals surface area contributed by atoms with Crippen LogP contribution >= 0.6 is 0 Å². The molecule has 0 bridgehead atoms. The first-order valence-electron chi connectivity index (χ1n) is 8.43. The first-order chi connectivity index (χ1) is 11.6. The zero-order valence-corrected chi connectivity index (χ0v) is 15.2. The van der Waals surface area contributed by atoms with Crippen molar-refractivity contribution in [2.45, 2.75) is 38.6 Å². The summed E-state index contributed by atoms with van der Waals surface area (Å²) >= 11 is 0. The lowest BCUT2D eigenvalue weighted by Crippen LogP contribution is -2.39. The molecule has 0 amide bonds. The van der Waals surface area contributed by atoms with Gasteiger partial charge in [-0.05, 0) is 62.7 Å². The highest BCUT2D eigenvalue weighted by molar-refractivity contribution is 5.86. The van der Waals surface area contributed by atoms with Crippen LogP contribution in [0.1, 0.15) is 27.2 Å². The zero-order valence-electron chi connectivity index (χ0n) is 15.2. The van der Waals surface area contributed by atoms with E-state index < -0.39 is 11.4 Å². The number of rotatable bonds is 5. The quantitative estimate of drug-likeness (QED) is 0.688. The second-order valence-electron chi connectivity index (χ2n) is 7.43. The Morgan fingerprint density at radius 2 is 1.60 bits per heavy atom. The smallest absolute Gasteiger partial charge is 0.163 e. The van der Waals surface area contributed by atoms with Crippen LogP contribution in [0.15, 0.2) is 54.6 Å². The summed E-state index contributed by atoms with van der Waals surface area (Å²) in [5.74, 6) is -1.05. The minimum atomic E-state index is -1.76. The molecule has 1 aromatic heterocycles. The maximum absolute atomic E-state index is 9.60. The number of para-hydroxylation sites is 1. The van der Waals surface area contributed by atoms with Crippen molar-refractivity contribution in [3.05, 3.63) is 54.6 Å². The maximum Gasteiger partial charge on any atom is 0.163 e. The Kier molecular flexibility index (Phi) is 4.35. The molecule has 2 aromatic carbocycles. The molecule has 0 fully saturated rings. The van der Waals surface area contributed by atoms with Crippen molar-refractivity contribution in [1.29, 1.82) is 0 Å². The van der Waals surface area contributed by atoms with Crippen LogP contribution in [0.3, 0.4) is 0 Å². The van der Waals surface area contributed by atoms with Crippen LogP contribution in [0.5, 0.6) is 5.75 Å². The molecule has 3 rings (SSSR count). The molecule has 132 valence electrons. The normalized spacial score (nSPS) is 12.6. The lowest BCUT2D eigenvalue weighted by molar-refractivity contribution is -0.174. The van der Waals surface area contributed by atoms with Gasteiger partial charge in [-0.15, -0.1) is 0 Å². The number of aliphatic hydroxyl groups is 2. The van der Waals surface area contributed by atoms with E-state index in [0.29, 0.717) is 5.75 Å². The number of nitrogens with zero attached hydrogens (tertiary/aromatic N) is 1. The van der Waals surface area contributed by atoms with E-state index in [1.54, 1.807) is 0 Å². The summed E-state index contributed by atoms with van der Waals surface area (Å²) in [6, 6.07) is 18.4. The number of benzene rings is 2. The highest BCUT2D eigenvalue weighted by Gasteiger charge is 2.30. The van der Waals surface area contributed by atoms with Crippen molar-refractivity contribution in [3.8, 4) is 17.0 Å². The number of fused-ring (bicyclic) bond motifs is 1. The highest BCUT2D eigenvalue weighted by atomic mass is 16.5. The van der Waals surface area contributed by atoms with Gasteiger partial charge in [0.05, 0.1) is 0 Å². The molecule has 0 spiro atoms. The number of hydrogen-bond acceptors (Lipinski definition) is 3.